The molecule has 4 unspecified atom stereocenters. The van der Waals surface area contributed by atoms with Gasteiger partial charge in [0.2, 0.25) is 0 Å². The van der Waals surface area contributed by atoms with Gasteiger partial charge in [0.1, 0.15) is 0 Å². The van der Waals surface area contributed by atoms with Gasteiger partial charge in [-0.1, -0.05) is 39.0 Å². The summed E-state index contributed by atoms with van der Waals surface area (Å²) in [5, 5.41) is 19.8. The molecule has 0 radical (unpaired) electrons. The minimum Gasteiger partial charge on any atom is -0.393 e. The third-order valence-electron chi connectivity index (χ3n) is 4.70. The first-order chi connectivity index (χ1) is 9.67. The maximum atomic E-state index is 10.1. The van der Waals surface area contributed by atoms with Crippen LogP contribution in [0, 0.1) is 5.92 Å². The van der Waals surface area contributed by atoms with Gasteiger partial charge in [-0.3, -0.25) is 0 Å². The minimum absolute atomic E-state index is 0.169. The lowest BCUT2D eigenvalue weighted by Crippen LogP contribution is -2.33. The predicted molar refractivity (Wildman–Crippen MR) is 82.8 cm³/mol. The van der Waals surface area contributed by atoms with E-state index in [9.17, 15) is 10.2 Å². The van der Waals surface area contributed by atoms with Crippen LogP contribution in [-0.4, -0.2) is 35.6 Å². The summed E-state index contributed by atoms with van der Waals surface area (Å²) in [6.45, 7) is 2.22. The summed E-state index contributed by atoms with van der Waals surface area (Å²) < 4.78 is 5.52. The van der Waals surface area contributed by atoms with Crippen LogP contribution in [0.4, 0.5) is 0 Å². The normalized spacial score (nSPS) is 28.5. The molecule has 0 saturated heterocycles. The zero-order valence-electron chi connectivity index (χ0n) is 13.4. The molecule has 3 nitrogen and oxygen atoms in total. The highest BCUT2D eigenvalue weighted by Gasteiger charge is 2.29. The standard InChI is InChI=1S/C17H34O3/c1-3-4-5-6-7-8-15(18)10-9-14-13-16(19)11-12-17(14)20-2/h14-19H,3-13H2,1-2H3. The van der Waals surface area contributed by atoms with Gasteiger partial charge < -0.3 is 14.9 Å². The van der Waals surface area contributed by atoms with Gasteiger partial charge in [0.15, 0.2) is 0 Å². The maximum Gasteiger partial charge on any atom is 0.0601 e. The number of rotatable bonds is 10. The van der Waals surface area contributed by atoms with E-state index in [2.05, 4.69) is 6.92 Å². The van der Waals surface area contributed by atoms with E-state index in [0.717, 1.165) is 44.9 Å². The molecule has 1 saturated carbocycles. The maximum absolute atomic E-state index is 10.1. The summed E-state index contributed by atoms with van der Waals surface area (Å²) >= 11 is 0. The van der Waals surface area contributed by atoms with Gasteiger partial charge in [-0.25, -0.2) is 0 Å². The predicted octanol–water partition coefficient (Wildman–Crippen LogP) is 3.66. The fourth-order valence-electron chi connectivity index (χ4n) is 3.36. The Morgan fingerprint density at radius 1 is 1.10 bits per heavy atom. The summed E-state index contributed by atoms with van der Waals surface area (Å²) in [6.07, 6.45) is 11.6. The average molecular weight is 286 g/mol. The highest BCUT2D eigenvalue weighted by molar-refractivity contribution is 4.81. The third-order valence-corrected chi connectivity index (χ3v) is 4.70. The molecule has 0 heterocycles. The van der Waals surface area contributed by atoms with Crippen molar-refractivity contribution in [2.45, 2.75) is 95.9 Å². The van der Waals surface area contributed by atoms with E-state index >= 15 is 0 Å². The summed E-state index contributed by atoms with van der Waals surface area (Å²) in [5.41, 5.74) is 0. The first-order valence-electron chi connectivity index (χ1n) is 8.56. The third kappa shape index (κ3) is 7.05. The van der Waals surface area contributed by atoms with E-state index in [-0.39, 0.29) is 18.3 Å². The second-order valence-corrected chi connectivity index (χ2v) is 6.44. The van der Waals surface area contributed by atoms with Crippen LogP contribution in [0.3, 0.4) is 0 Å². The van der Waals surface area contributed by atoms with Gasteiger partial charge in [0, 0.05) is 7.11 Å². The van der Waals surface area contributed by atoms with Crippen molar-refractivity contribution in [2.24, 2.45) is 5.92 Å². The van der Waals surface area contributed by atoms with Crippen molar-refractivity contribution in [3.63, 3.8) is 0 Å². The van der Waals surface area contributed by atoms with Gasteiger partial charge >= 0.3 is 0 Å². The molecule has 120 valence electrons. The molecule has 1 rings (SSSR count). The Labute approximate surface area is 124 Å². The molecule has 1 aliphatic carbocycles. The number of methoxy groups -OCH3 is 1. The zero-order valence-corrected chi connectivity index (χ0v) is 13.4. The Kier molecular flexibility index (Phi) is 9.49. The van der Waals surface area contributed by atoms with E-state index in [1.165, 1.54) is 25.7 Å². The largest absolute Gasteiger partial charge is 0.393 e. The van der Waals surface area contributed by atoms with Crippen LogP contribution in [-0.2, 0) is 4.74 Å². The van der Waals surface area contributed by atoms with Crippen molar-refractivity contribution in [3.8, 4) is 0 Å². The van der Waals surface area contributed by atoms with E-state index in [1.807, 2.05) is 0 Å². The van der Waals surface area contributed by atoms with Crippen LogP contribution in [0.1, 0.15) is 77.6 Å². The monoisotopic (exact) mass is 286 g/mol. The van der Waals surface area contributed by atoms with E-state index in [4.69, 9.17) is 4.74 Å². The van der Waals surface area contributed by atoms with Gasteiger partial charge in [-0.2, -0.15) is 0 Å². The lowest BCUT2D eigenvalue weighted by atomic mass is 9.81. The van der Waals surface area contributed by atoms with E-state index < -0.39 is 0 Å². The van der Waals surface area contributed by atoms with Crippen LogP contribution in [0.5, 0.6) is 0 Å². The number of aliphatic hydroxyl groups excluding tert-OH is 2. The Bertz CT molecular complexity index is 232. The highest BCUT2D eigenvalue weighted by Crippen LogP contribution is 2.31. The van der Waals surface area contributed by atoms with E-state index in [0.29, 0.717) is 5.92 Å². The quantitative estimate of drug-likeness (QED) is 0.603. The van der Waals surface area contributed by atoms with Gasteiger partial charge in [-0.15, -0.1) is 0 Å². The molecular formula is C17H34O3. The molecule has 1 aliphatic rings. The zero-order chi connectivity index (χ0) is 14.8. The molecule has 0 spiro atoms. The highest BCUT2D eigenvalue weighted by atomic mass is 16.5. The lowest BCUT2D eigenvalue weighted by molar-refractivity contribution is -0.0267. The Morgan fingerprint density at radius 3 is 2.55 bits per heavy atom. The van der Waals surface area contributed by atoms with Crippen molar-refractivity contribution in [2.75, 3.05) is 7.11 Å². The summed E-state index contributed by atoms with van der Waals surface area (Å²) in [7, 11) is 1.76. The van der Waals surface area contributed by atoms with Crippen molar-refractivity contribution < 1.29 is 14.9 Å². The van der Waals surface area contributed by atoms with Crippen LogP contribution >= 0.6 is 0 Å². The molecule has 0 aromatic carbocycles. The van der Waals surface area contributed by atoms with Crippen LogP contribution < -0.4 is 0 Å². The molecule has 4 atom stereocenters. The minimum atomic E-state index is -0.173. The number of ether oxygens (including phenoxy) is 1. The fourth-order valence-corrected chi connectivity index (χ4v) is 3.36. The lowest BCUT2D eigenvalue weighted by Gasteiger charge is -2.33. The van der Waals surface area contributed by atoms with Crippen molar-refractivity contribution >= 4 is 0 Å². The van der Waals surface area contributed by atoms with Gasteiger partial charge in [-0.05, 0) is 44.4 Å². The molecule has 0 amide bonds. The number of hydrogen-bond donors (Lipinski definition) is 2. The molecule has 20 heavy (non-hydrogen) atoms. The summed E-state index contributed by atoms with van der Waals surface area (Å²) in [5.74, 6) is 0.415. The Hall–Kier alpha value is -0.120. The molecule has 0 aromatic rings. The molecule has 0 aromatic heterocycles. The number of aliphatic hydroxyl groups is 2. The fraction of sp³-hybridized carbons (Fsp3) is 1.00. The molecule has 3 heteroatoms. The molecule has 2 N–H and O–H groups in total. The second-order valence-electron chi connectivity index (χ2n) is 6.44. The Balaban J connectivity index is 2.13. The molecule has 1 fully saturated rings. The van der Waals surface area contributed by atoms with Crippen molar-refractivity contribution in [3.05, 3.63) is 0 Å². The van der Waals surface area contributed by atoms with E-state index in [1.54, 1.807) is 7.11 Å². The van der Waals surface area contributed by atoms with Crippen molar-refractivity contribution in [1.82, 2.24) is 0 Å². The molecular weight excluding hydrogens is 252 g/mol. The second kappa shape index (κ2) is 10.6. The number of hydrogen-bond acceptors (Lipinski definition) is 3. The van der Waals surface area contributed by atoms with Crippen LogP contribution in [0.15, 0.2) is 0 Å². The van der Waals surface area contributed by atoms with Crippen LogP contribution in [0.25, 0.3) is 0 Å². The average Bonchev–Trinajstić information content (AvgIpc) is 2.45. The number of unbranched alkanes of at least 4 members (excludes halogenated alkanes) is 4. The molecule has 0 aliphatic heterocycles. The van der Waals surface area contributed by atoms with Gasteiger partial charge in [0.05, 0.1) is 18.3 Å². The first-order valence-corrected chi connectivity index (χ1v) is 8.56. The van der Waals surface area contributed by atoms with Crippen LogP contribution in [0.2, 0.25) is 0 Å². The van der Waals surface area contributed by atoms with Gasteiger partial charge in [0.25, 0.3) is 0 Å². The first kappa shape index (κ1) is 17.9. The summed E-state index contributed by atoms with van der Waals surface area (Å²) in [6, 6.07) is 0. The van der Waals surface area contributed by atoms with Crippen molar-refractivity contribution in [1.29, 1.82) is 0 Å². The summed E-state index contributed by atoms with van der Waals surface area (Å²) in [4.78, 5) is 0. The smallest absolute Gasteiger partial charge is 0.0601 e. The Morgan fingerprint density at radius 2 is 1.85 bits per heavy atom. The molecule has 0 bridgehead atoms. The SMILES string of the molecule is CCCCCCCC(O)CCC1CC(O)CCC1OC. The topological polar surface area (TPSA) is 49.7 Å².